The van der Waals surface area contributed by atoms with Gasteiger partial charge in [-0.15, -0.1) is 0 Å². The molecule has 2 N–H and O–H groups in total. The zero-order chi connectivity index (χ0) is 10.7. The molecule has 5 heteroatoms. The second-order valence-corrected chi connectivity index (χ2v) is 4.15. The number of aliphatic hydroxyl groups is 1. The summed E-state index contributed by atoms with van der Waals surface area (Å²) in [5, 5.41) is 12.2. The Bertz CT molecular complexity index is 229. The number of nitrogens with zero attached hydrogens (tertiary/aromatic N) is 1. The second-order valence-electron chi connectivity index (χ2n) is 4.15. The lowest BCUT2D eigenvalue weighted by molar-refractivity contribution is -0.143. The molecule has 0 spiro atoms. The van der Waals surface area contributed by atoms with E-state index in [1.165, 1.54) is 0 Å². The van der Waals surface area contributed by atoms with Crippen LogP contribution in [0.3, 0.4) is 0 Å². The summed E-state index contributed by atoms with van der Waals surface area (Å²) in [6.45, 7) is 3.45. The number of amides is 1. The van der Waals surface area contributed by atoms with Gasteiger partial charge >= 0.3 is 0 Å². The van der Waals surface area contributed by atoms with Crippen molar-refractivity contribution in [3.05, 3.63) is 0 Å². The number of hydrogen-bond donors (Lipinski definition) is 2. The molecule has 2 unspecified atom stereocenters. The highest BCUT2D eigenvalue weighted by Crippen LogP contribution is 2.14. The highest BCUT2D eigenvalue weighted by molar-refractivity contribution is 5.79. The molecule has 86 valence electrons. The third-order valence-corrected chi connectivity index (χ3v) is 3.06. The van der Waals surface area contributed by atoms with Crippen LogP contribution in [0.25, 0.3) is 0 Å². The van der Waals surface area contributed by atoms with E-state index < -0.39 is 0 Å². The minimum atomic E-state index is -0.197. The molecule has 2 atom stereocenters. The summed E-state index contributed by atoms with van der Waals surface area (Å²) in [4.78, 5) is 13.8. The Morgan fingerprint density at radius 3 is 3.13 bits per heavy atom. The van der Waals surface area contributed by atoms with Crippen molar-refractivity contribution in [2.75, 3.05) is 39.4 Å². The average molecular weight is 214 g/mol. The van der Waals surface area contributed by atoms with Crippen LogP contribution in [0.5, 0.6) is 0 Å². The molecule has 5 nitrogen and oxygen atoms in total. The molecular formula is C10H18N2O3. The Labute approximate surface area is 89.4 Å². The summed E-state index contributed by atoms with van der Waals surface area (Å²) in [5.41, 5.74) is 0. The topological polar surface area (TPSA) is 61.8 Å². The van der Waals surface area contributed by atoms with Gasteiger partial charge < -0.3 is 20.1 Å². The van der Waals surface area contributed by atoms with E-state index in [1.54, 1.807) is 0 Å². The molecule has 1 amide bonds. The normalized spacial score (nSPS) is 31.9. The number of hydrogen-bond acceptors (Lipinski definition) is 4. The third kappa shape index (κ3) is 2.48. The summed E-state index contributed by atoms with van der Waals surface area (Å²) < 4.78 is 5.31. The van der Waals surface area contributed by atoms with Crippen LogP contribution in [-0.4, -0.2) is 61.4 Å². The Morgan fingerprint density at radius 2 is 2.47 bits per heavy atom. The van der Waals surface area contributed by atoms with Crippen LogP contribution < -0.4 is 5.32 Å². The Morgan fingerprint density at radius 1 is 1.60 bits per heavy atom. The van der Waals surface area contributed by atoms with Gasteiger partial charge in [-0.3, -0.25) is 4.79 Å². The van der Waals surface area contributed by atoms with Gasteiger partial charge in [0.2, 0.25) is 5.91 Å². The van der Waals surface area contributed by atoms with Gasteiger partial charge in [-0.25, -0.2) is 0 Å². The van der Waals surface area contributed by atoms with Crippen molar-refractivity contribution < 1.29 is 14.6 Å². The van der Waals surface area contributed by atoms with Gasteiger partial charge in [0.25, 0.3) is 0 Å². The Balaban J connectivity index is 1.88. The third-order valence-electron chi connectivity index (χ3n) is 3.06. The number of morpholine rings is 1. The van der Waals surface area contributed by atoms with Gasteiger partial charge in [-0.05, 0) is 13.0 Å². The van der Waals surface area contributed by atoms with Crippen LogP contribution >= 0.6 is 0 Å². The van der Waals surface area contributed by atoms with Gasteiger partial charge in [0.1, 0.15) is 0 Å². The number of ether oxygens (including phenoxy) is 1. The first-order chi connectivity index (χ1) is 7.31. The van der Waals surface area contributed by atoms with E-state index in [2.05, 4.69) is 5.32 Å². The summed E-state index contributed by atoms with van der Waals surface area (Å²) in [5.74, 6) is 0.337. The molecule has 0 aromatic rings. The zero-order valence-corrected chi connectivity index (χ0v) is 8.82. The van der Waals surface area contributed by atoms with E-state index in [0.717, 1.165) is 19.5 Å². The van der Waals surface area contributed by atoms with E-state index >= 15 is 0 Å². The number of aliphatic hydroxyl groups excluding tert-OH is 1. The fourth-order valence-corrected chi connectivity index (χ4v) is 2.15. The fourth-order valence-electron chi connectivity index (χ4n) is 2.15. The second kappa shape index (κ2) is 4.92. The summed E-state index contributed by atoms with van der Waals surface area (Å²) in [7, 11) is 0. The van der Waals surface area contributed by atoms with Crippen LogP contribution in [0.4, 0.5) is 0 Å². The molecule has 0 bridgehead atoms. The van der Waals surface area contributed by atoms with E-state index in [0.29, 0.717) is 19.7 Å². The molecule has 0 aliphatic carbocycles. The van der Waals surface area contributed by atoms with Crippen LogP contribution in [0.1, 0.15) is 6.42 Å². The van der Waals surface area contributed by atoms with Gasteiger partial charge in [-0.2, -0.15) is 0 Å². The Hall–Kier alpha value is -0.650. The lowest BCUT2D eigenvalue weighted by Gasteiger charge is -2.33. The smallest absolute Gasteiger partial charge is 0.227 e. The highest BCUT2D eigenvalue weighted by Gasteiger charge is 2.30. The fraction of sp³-hybridized carbons (Fsp3) is 0.900. The maximum absolute atomic E-state index is 12.0. The lowest BCUT2D eigenvalue weighted by Crippen LogP contribution is -2.49. The minimum absolute atomic E-state index is 0.00725. The predicted octanol–water partition coefficient (Wildman–Crippen LogP) is -1.18. The molecule has 0 saturated carbocycles. The monoisotopic (exact) mass is 214 g/mol. The van der Waals surface area contributed by atoms with Gasteiger partial charge in [-0.1, -0.05) is 0 Å². The molecule has 0 radical (unpaired) electrons. The molecule has 2 heterocycles. The number of rotatable bonds is 2. The quantitative estimate of drug-likeness (QED) is 0.607. The zero-order valence-electron chi connectivity index (χ0n) is 8.82. The molecule has 0 aromatic carbocycles. The van der Waals surface area contributed by atoms with Crippen molar-refractivity contribution in [2.24, 2.45) is 5.92 Å². The molecular weight excluding hydrogens is 196 g/mol. The predicted molar refractivity (Wildman–Crippen MR) is 54.4 cm³/mol. The van der Waals surface area contributed by atoms with Gasteiger partial charge in [0.15, 0.2) is 0 Å². The van der Waals surface area contributed by atoms with E-state index in [4.69, 9.17) is 9.84 Å². The molecule has 2 saturated heterocycles. The van der Waals surface area contributed by atoms with Crippen molar-refractivity contribution in [1.82, 2.24) is 10.2 Å². The van der Waals surface area contributed by atoms with E-state index in [-0.39, 0.29) is 24.5 Å². The van der Waals surface area contributed by atoms with Crippen LogP contribution in [-0.2, 0) is 9.53 Å². The molecule has 2 rings (SSSR count). The van der Waals surface area contributed by atoms with E-state index in [9.17, 15) is 4.79 Å². The van der Waals surface area contributed by atoms with E-state index in [1.807, 2.05) is 4.90 Å². The molecule has 2 aliphatic heterocycles. The van der Waals surface area contributed by atoms with Crippen molar-refractivity contribution >= 4 is 5.91 Å². The maximum Gasteiger partial charge on any atom is 0.227 e. The maximum atomic E-state index is 12.0. The lowest BCUT2D eigenvalue weighted by atomic mass is 10.1. The SMILES string of the molecule is O=C(C1CCNC1)N1CCOC(CO)C1. The van der Waals surface area contributed by atoms with Gasteiger partial charge in [0, 0.05) is 19.6 Å². The molecule has 2 fully saturated rings. The first kappa shape index (κ1) is 10.9. The number of carbonyl (C=O) groups is 1. The average Bonchev–Trinajstić information content (AvgIpc) is 2.81. The van der Waals surface area contributed by atoms with Crippen molar-refractivity contribution in [3.63, 3.8) is 0 Å². The van der Waals surface area contributed by atoms with Gasteiger partial charge in [0.05, 0.1) is 25.2 Å². The van der Waals surface area contributed by atoms with Crippen molar-refractivity contribution in [2.45, 2.75) is 12.5 Å². The summed E-state index contributed by atoms with van der Waals surface area (Å²) in [6, 6.07) is 0. The van der Waals surface area contributed by atoms with Crippen molar-refractivity contribution in [1.29, 1.82) is 0 Å². The van der Waals surface area contributed by atoms with Crippen LogP contribution in [0, 0.1) is 5.92 Å². The Kier molecular flexibility index (Phi) is 3.56. The molecule has 0 aromatic heterocycles. The first-order valence-corrected chi connectivity index (χ1v) is 5.53. The highest BCUT2D eigenvalue weighted by atomic mass is 16.5. The standard InChI is InChI=1S/C10H18N2O3/c13-7-9-6-12(3-4-15-9)10(14)8-1-2-11-5-8/h8-9,11,13H,1-7H2. The largest absolute Gasteiger partial charge is 0.394 e. The first-order valence-electron chi connectivity index (χ1n) is 5.53. The number of carbonyl (C=O) groups excluding carboxylic acids is 1. The summed E-state index contributed by atoms with van der Waals surface area (Å²) in [6.07, 6.45) is 0.733. The van der Waals surface area contributed by atoms with Crippen LogP contribution in [0.2, 0.25) is 0 Å². The van der Waals surface area contributed by atoms with Crippen LogP contribution in [0.15, 0.2) is 0 Å². The van der Waals surface area contributed by atoms with Crippen molar-refractivity contribution in [3.8, 4) is 0 Å². The minimum Gasteiger partial charge on any atom is -0.394 e. The molecule has 2 aliphatic rings. The molecule has 15 heavy (non-hydrogen) atoms. The number of nitrogens with one attached hydrogen (secondary N) is 1. The summed E-state index contributed by atoms with van der Waals surface area (Å²) >= 11 is 0.